The predicted octanol–water partition coefficient (Wildman–Crippen LogP) is 4.76. The smallest absolute Gasteiger partial charge is 0.235 e. The Kier molecular flexibility index (Phi) is 5.21. The maximum absolute atomic E-state index is 13.0. The Labute approximate surface area is 164 Å². The van der Waals surface area contributed by atoms with Crippen molar-refractivity contribution in [1.82, 2.24) is 14.9 Å². The summed E-state index contributed by atoms with van der Waals surface area (Å²) in [7, 11) is 0. The fourth-order valence-corrected chi connectivity index (χ4v) is 4.72. The van der Waals surface area contributed by atoms with Crippen LogP contribution >= 0.6 is 11.8 Å². The molecular formula is C22H25N3OS. The Morgan fingerprint density at radius 1 is 1.26 bits per heavy atom. The number of carbonyl (C=O) groups is 1. The molecule has 2 atom stereocenters. The molecule has 0 bridgehead atoms. The lowest BCUT2D eigenvalue weighted by molar-refractivity contribution is -0.131. The Hall–Kier alpha value is -2.27. The highest BCUT2D eigenvalue weighted by atomic mass is 32.2. The molecule has 2 heterocycles. The van der Waals surface area contributed by atoms with E-state index < -0.39 is 0 Å². The number of H-pyrrole nitrogens is 1. The molecule has 3 aromatic rings. The van der Waals surface area contributed by atoms with Gasteiger partial charge < -0.3 is 9.88 Å². The van der Waals surface area contributed by atoms with Crippen molar-refractivity contribution >= 4 is 28.7 Å². The number of aryl methyl sites for hydroxylation is 1. The second-order valence-corrected chi connectivity index (χ2v) is 8.75. The molecule has 0 spiro atoms. The van der Waals surface area contributed by atoms with Gasteiger partial charge in [-0.05, 0) is 56.5 Å². The molecule has 27 heavy (non-hydrogen) atoms. The van der Waals surface area contributed by atoms with Crippen LogP contribution in [0.25, 0.3) is 11.0 Å². The fraction of sp³-hybridized carbons (Fsp3) is 0.364. The minimum Gasteiger partial charge on any atom is -0.342 e. The first kappa shape index (κ1) is 18.1. The molecule has 0 aliphatic carbocycles. The van der Waals surface area contributed by atoms with Crippen LogP contribution in [0.2, 0.25) is 0 Å². The molecule has 4 nitrogen and oxygen atoms in total. The Bertz CT molecular complexity index is 937. The number of imidazole rings is 1. The van der Waals surface area contributed by atoms with Gasteiger partial charge in [0.05, 0.1) is 16.3 Å². The number of piperidine rings is 1. The number of rotatable bonds is 4. The third-order valence-electron chi connectivity index (χ3n) is 5.18. The van der Waals surface area contributed by atoms with Gasteiger partial charge in [0.1, 0.15) is 5.82 Å². The number of carbonyl (C=O) groups excluding carboxylic acids is 1. The van der Waals surface area contributed by atoms with Crippen LogP contribution in [-0.4, -0.2) is 39.1 Å². The molecule has 0 saturated carbocycles. The lowest BCUT2D eigenvalue weighted by Gasteiger charge is -2.33. The lowest BCUT2D eigenvalue weighted by atomic mass is 9.97. The molecule has 1 saturated heterocycles. The minimum absolute atomic E-state index is 0.0792. The molecule has 4 rings (SSSR count). The lowest BCUT2D eigenvalue weighted by Crippen LogP contribution is -2.42. The van der Waals surface area contributed by atoms with Gasteiger partial charge in [0.25, 0.3) is 0 Å². The molecule has 1 N–H and O–H groups in total. The van der Waals surface area contributed by atoms with E-state index in [0.29, 0.717) is 0 Å². The molecule has 1 amide bonds. The number of nitrogens with one attached hydrogen (secondary N) is 1. The van der Waals surface area contributed by atoms with E-state index in [-0.39, 0.29) is 17.1 Å². The Morgan fingerprint density at radius 3 is 2.89 bits per heavy atom. The van der Waals surface area contributed by atoms with Crippen LogP contribution in [0.15, 0.2) is 53.4 Å². The molecule has 1 aromatic heterocycles. The first-order valence-corrected chi connectivity index (χ1v) is 10.4. The van der Waals surface area contributed by atoms with Gasteiger partial charge in [0, 0.05) is 23.9 Å². The van der Waals surface area contributed by atoms with E-state index >= 15 is 0 Å². The normalized spacial score (nSPS) is 18.6. The molecule has 140 valence electrons. The van der Waals surface area contributed by atoms with E-state index in [1.54, 1.807) is 11.8 Å². The van der Waals surface area contributed by atoms with Crippen molar-refractivity contribution in [2.75, 3.05) is 13.1 Å². The quantitative estimate of drug-likeness (QED) is 0.665. The van der Waals surface area contributed by atoms with E-state index in [2.05, 4.69) is 42.2 Å². The second kappa shape index (κ2) is 7.77. The van der Waals surface area contributed by atoms with E-state index in [9.17, 15) is 4.79 Å². The van der Waals surface area contributed by atoms with Gasteiger partial charge in [-0.1, -0.05) is 24.3 Å². The van der Waals surface area contributed by atoms with Crippen molar-refractivity contribution in [1.29, 1.82) is 0 Å². The van der Waals surface area contributed by atoms with Crippen LogP contribution in [0.3, 0.4) is 0 Å². The summed E-state index contributed by atoms with van der Waals surface area (Å²) >= 11 is 1.63. The van der Waals surface area contributed by atoms with Gasteiger partial charge in [-0.15, -0.1) is 11.8 Å². The zero-order valence-corrected chi connectivity index (χ0v) is 16.6. The number of fused-ring (bicyclic) bond motifs is 1. The predicted molar refractivity (Wildman–Crippen MR) is 111 cm³/mol. The van der Waals surface area contributed by atoms with Crippen LogP contribution in [-0.2, 0) is 4.79 Å². The summed E-state index contributed by atoms with van der Waals surface area (Å²) in [4.78, 5) is 24.4. The highest BCUT2D eigenvalue weighted by Gasteiger charge is 2.29. The van der Waals surface area contributed by atoms with Gasteiger partial charge in [0.15, 0.2) is 0 Å². The highest BCUT2D eigenvalue weighted by Crippen LogP contribution is 2.30. The van der Waals surface area contributed by atoms with Crippen molar-refractivity contribution in [2.24, 2.45) is 0 Å². The summed E-state index contributed by atoms with van der Waals surface area (Å²) in [6.07, 6.45) is 2.10. The van der Waals surface area contributed by atoms with Crippen molar-refractivity contribution in [3.8, 4) is 0 Å². The number of benzene rings is 2. The standard InChI is InChI=1S/C22H25N3OS/c1-15-10-11-19-20(13-15)24-21(23-19)17-7-6-12-25(14-17)22(26)16(2)27-18-8-4-3-5-9-18/h3-5,8-11,13,16-17H,6-7,12,14H2,1-2H3,(H,23,24)/t16-,17-/m0/s1. The molecule has 1 fully saturated rings. The van der Waals surface area contributed by atoms with Gasteiger partial charge >= 0.3 is 0 Å². The number of thioether (sulfide) groups is 1. The van der Waals surface area contributed by atoms with Crippen molar-refractivity contribution in [3.63, 3.8) is 0 Å². The molecule has 1 aliphatic rings. The summed E-state index contributed by atoms with van der Waals surface area (Å²) < 4.78 is 0. The van der Waals surface area contributed by atoms with Crippen LogP contribution in [0.5, 0.6) is 0 Å². The zero-order valence-electron chi connectivity index (χ0n) is 15.8. The average molecular weight is 380 g/mol. The molecule has 1 aliphatic heterocycles. The maximum Gasteiger partial charge on any atom is 0.235 e. The molecular weight excluding hydrogens is 354 g/mol. The molecule has 0 unspecified atom stereocenters. The SMILES string of the molecule is Cc1ccc2nc([C@H]3CCCN(C(=O)[C@H](C)Sc4ccccc4)C3)[nH]c2c1. The maximum atomic E-state index is 13.0. The van der Waals surface area contributed by atoms with E-state index in [4.69, 9.17) is 4.98 Å². The average Bonchev–Trinajstić information content (AvgIpc) is 3.11. The van der Waals surface area contributed by atoms with E-state index in [0.717, 1.165) is 47.7 Å². The van der Waals surface area contributed by atoms with E-state index in [1.165, 1.54) is 5.56 Å². The summed E-state index contributed by atoms with van der Waals surface area (Å²) in [5.41, 5.74) is 3.32. The second-order valence-electron chi connectivity index (χ2n) is 7.34. The first-order valence-electron chi connectivity index (χ1n) is 9.57. The van der Waals surface area contributed by atoms with Gasteiger partial charge in [-0.3, -0.25) is 4.79 Å². The summed E-state index contributed by atoms with van der Waals surface area (Å²) in [5.74, 6) is 1.52. The number of aromatic nitrogens is 2. The van der Waals surface area contributed by atoms with Crippen molar-refractivity contribution in [2.45, 2.75) is 42.8 Å². The summed E-state index contributed by atoms with van der Waals surface area (Å²) in [6, 6.07) is 16.4. The highest BCUT2D eigenvalue weighted by molar-refractivity contribution is 8.00. The van der Waals surface area contributed by atoms with E-state index in [1.807, 2.05) is 30.0 Å². The van der Waals surface area contributed by atoms with Crippen molar-refractivity contribution < 1.29 is 4.79 Å². The van der Waals surface area contributed by atoms with Crippen LogP contribution in [0.4, 0.5) is 0 Å². The number of likely N-dealkylation sites (tertiary alicyclic amines) is 1. The number of aromatic amines is 1. The molecule has 2 aromatic carbocycles. The number of amides is 1. The van der Waals surface area contributed by atoms with Crippen molar-refractivity contribution in [3.05, 3.63) is 59.9 Å². The van der Waals surface area contributed by atoms with Gasteiger partial charge in [-0.25, -0.2) is 4.98 Å². The molecule has 0 radical (unpaired) electrons. The van der Waals surface area contributed by atoms with Crippen LogP contribution < -0.4 is 0 Å². The fourth-order valence-electron chi connectivity index (χ4n) is 3.75. The minimum atomic E-state index is -0.0792. The van der Waals surface area contributed by atoms with Crippen LogP contribution in [0.1, 0.15) is 37.1 Å². The first-order chi connectivity index (χ1) is 13.1. The Balaban J connectivity index is 1.45. The number of hydrogen-bond donors (Lipinski definition) is 1. The topological polar surface area (TPSA) is 49.0 Å². The number of nitrogens with zero attached hydrogens (tertiary/aromatic N) is 2. The monoisotopic (exact) mass is 379 g/mol. The zero-order chi connectivity index (χ0) is 18.8. The largest absolute Gasteiger partial charge is 0.342 e. The summed E-state index contributed by atoms with van der Waals surface area (Å²) in [5, 5.41) is -0.0792. The van der Waals surface area contributed by atoms with Crippen LogP contribution in [0, 0.1) is 6.92 Å². The van der Waals surface area contributed by atoms with Gasteiger partial charge in [-0.2, -0.15) is 0 Å². The molecule has 5 heteroatoms. The Morgan fingerprint density at radius 2 is 2.07 bits per heavy atom. The third-order valence-corrected chi connectivity index (χ3v) is 6.28. The van der Waals surface area contributed by atoms with Gasteiger partial charge in [0.2, 0.25) is 5.91 Å². The summed E-state index contributed by atoms with van der Waals surface area (Å²) in [6.45, 7) is 5.69. The number of hydrogen-bond acceptors (Lipinski definition) is 3. The third kappa shape index (κ3) is 4.03.